The lowest BCUT2D eigenvalue weighted by Crippen LogP contribution is -2.31. The Morgan fingerprint density at radius 2 is 2.20 bits per heavy atom. The zero-order valence-electron chi connectivity index (χ0n) is 10.9. The van der Waals surface area contributed by atoms with Crippen LogP contribution < -0.4 is 5.32 Å². The molecule has 106 valence electrons. The summed E-state index contributed by atoms with van der Waals surface area (Å²) >= 11 is 3.37. The summed E-state index contributed by atoms with van der Waals surface area (Å²) in [6, 6.07) is 6.96. The van der Waals surface area contributed by atoms with Gasteiger partial charge in [-0.1, -0.05) is 28.1 Å². The largest absolute Gasteiger partial charge is 0.481 e. The highest BCUT2D eigenvalue weighted by Crippen LogP contribution is 2.70. The first kappa shape index (κ1) is 13.6. The molecule has 20 heavy (non-hydrogen) atoms. The normalized spacial score (nSPS) is 23.1. The molecule has 2 fully saturated rings. The van der Waals surface area contributed by atoms with Gasteiger partial charge in [0.05, 0.1) is 12.5 Å². The van der Waals surface area contributed by atoms with Gasteiger partial charge in [0.1, 0.15) is 0 Å². The molecule has 0 radical (unpaired) electrons. The predicted molar refractivity (Wildman–Crippen MR) is 77.1 cm³/mol. The van der Waals surface area contributed by atoms with Crippen molar-refractivity contribution < 1.29 is 14.7 Å². The molecule has 2 saturated carbocycles. The lowest BCUT2D eigenvalue weighted by atomic mass is 10.0. The van der Waals surface area contributed by atoms with Crippen LogP contribution in [0.1, 0.15) is 37.3 Å². The smallest absolute Gasteiger partial charge is 0.305 e. The Balaban J connectivity index is 1.72. The predicted octanol–water partition coefficient (Wildman–Crippen LogP) is 2.88. The van der Waals surface area contributed by atoms with Gasteiger partial charge in [0.2, 0.25) is 5.91 Å². The van der Waals surface area contributed by atoms with E-state index in [2.05, 4.69) is 21.2 Å². The summed E-state index contributed by atoms with van der Waals surface area (Å²) in [6.45, 7) is 0. The molecule has 0 saturated heterocycles. The van der Waals surface area contributed by atoms with Gasteiger partial charge in [0.15, 0.2) is 0 Å². The average molecular weight is 338 g/mol. The molecule has 1 aromatic rings. The third-order valence-corrected chi connectivity index (χ3v) is 4.84. The first-order valence-corrected chi connectivity index (χ1v) is 7.57. The van der Waals surface area contributed by atoms with Crippen molar-refractivity contribution in [3.05, 3.63) is 34.3 Å². The lowest BCUT2D eigenvalue weighted by Gasteiger charge is -2.18. The van der Waals surface area contributed by atoms with Crippen LogP contribution in [0, 0.1) is 11.3 Å². The molecule has 0 heterocycles. The molecule has 2 atom stereocenters. The molecule has 5 heteroatoms. The molecular weight excluding hydrogens is 322 g/mol. The second kappa shape index (κ2) is 4.88. The van der Waals surface area contributed by atoms with Gasteiger partial charge in [-0.3, -0.25) is 9.59 Å². The number of carbonyl (C=O) groups is 2. The van der Waals surface area contributed by atoms with Gasteiger partial charge in [-0.05, 0) is 42.4 Å². The Labute approximate surface area is 125 Å². The summed E-state index contributed by atoms with van der Waals surface area (Å²) in [5, 5.41) is 11.9. The molecule has 0 aromatic heterocycles. The molecule has 2 N–H and O–H groups in total. The second-order valence-electron chi connectivity index (χ2n) is 5.83. The minimum absolute atomic E-state index is 0.00808. The van der Waals surface area contributed by atoms with E-state index in [-0.39, 0.29) is 23.7 Å². The monoisotopic (exact) mass is 337 g/mol. The number of carboxylic acid groups (broad SMARTS) is 1. The highest BCUT2D eigenvalue weighted by molar-refractivity contribution is 9.10. The molecular formula is C15H16BrNO3. The number of carbonyl (C=O) groups excluding carboxylic acids is 1. The van der Waals surface area contributed by atoms with E-state index >= 15 is 0 Å². The Morgan fingerprint density at radius 1 is 1.45 bits per heavy atom. The van der Waals surface area contributed by atoms with Crippen molar-refractivity contribution in [3.8, 4) is 0 Å². The number of hydrogen-bond donors (Lipinski definition) is 2. The average Bonchev–Trinajstić information content (AvgIpc) is 3.29. The summed E-state index contributed by atoms with van der Waals surface area (Å²) in [7, 11) is 0. The van der Waals surface area contributed by atoms with Gasteiger partial charge in [-0.25, -0.2) is 0 Å². The van der Waals surface area contributed by atoms with Crippen molar-refractivity contribution in [2.75, 3.05) is 0 Å². The maximum absolute atomic E-state index is 12.2. The number of hydrogen-bond acceptors (Lipinski definition) is 2. The zero-order chi connectivity index (χ0) is 14.3. The number of rotatable bonds is 5. The van der Waals surface area contributed by atoms with Crippen LogP contribution in [0.5, 0.6) is 0 Å². The van der Waals surface area contributed by atoms with Crippen molar-refractivity contribution in [2.24, 2.45) is 11.3 Å². The van der Waals surface area contributed by atoms with Gasteiger partial charge in [0.25, 0.3) is 0 Å². The molecule has 2 unspecified atom stereocenters. The Hall–Kier alpha value is -1.36. The van der Waals surface area contributed by atoms with Gasteiger partial charge in [0, 0.05) is 10.4 Å². The fraction of sp³-hybridized carbons (Fsp3) is 0.467. The summed E-state index contributed by atoms with van der Waals surface area (Å²) in [5.41, 5.74) is 1.11. The zero-order valence-corrected chi connectivity index (χ0v) is 12.5. The molecule has 3 rings (SSSR count). The van der Waals surface area contributed by atoms with Crippen LogP contribution in [0.2, 0.25) is 0 Å². The number of carboxylic acids is 1. The van der Waals surface area contributed by atoms with Gasteiger partial charge in [-0.15, -0.1) is 0 Å². The van der Waals surface area contributed by atoms with Crippen LogP contribution in [0.15, 0.2) is 28.7 Å². The highest BCUT2D eigenvalue weighted by Gasteiger charge is 2.65. The number of amides is 1. The van der Waals surface area contributed by atoms with E-state index in [1.165, 1.54) is 0 Å². The molecule has 0 aliphatic heterocycles. The van der Waals surface area contributed by atoms with Crippen LogP contribution in [0.4, 0.5) is 0 Å². The third kappa shape index (κ3) is 2.73. The highest BCUT2D eigenvalue weighted by atomic mass is 79.9. The maximum Gasteiger partial charge on any atom is 0.305 e. The summed E-state index contributed by atoms with van der Waals surface area (Å²) in [4.78, 5) is 23.2. The van der Waals surface area contributed by atoms with Gasteiger partial charge in [-0.2, -0.15) is 0 Å². The first-order valence-electron chi connectivity index (χ1n) is 6.78. The summed E-state index contributed by atoms with van der Waals surface area (Å²) in [6.07, 6.45) is 3.16. The van der Waals surface area contributed by atoms with E-state index in [1.54, 1.807) is 0 Å². The number of nitrogens with one attached hydrogen (secondary N) is 1. The SMILES string of the molecule is O=C(O)CC(NC(=O)C1CC12CC2)c1cccc(Br)c1. The van der Waals surface area contributed by atoms with Crippen LogP contribution in [0.25, 0.3) is 0 Å². The molecule has 2 aliphatic carbocycles. The topological polar surface area (TPSA) is 66.4 Å². The van der Waals surface area contributed by atoms with Crippen LogP contribution >= 0.6 is 15.9 Å². The number of halogens is 1. The molecule has 1 amide bonds. The minimum Gasteiger partial charge on any atom is -0.481 e. The quantitative estimate of drug-likeness (QED) is 0.868. The van der Waals surface area contributed by atoms with Crippen molar-refractivity contribution in [3.63, 3.8) is 0 Å². The van der Waals surface area contributed by atoms with E-state index < -0.39 is 12.0 Å². The van der Waals surface area contributed by atoms with E-state index in [0.717, 1.165) is 29.3 Å². The molecule has 4 nitrogen and oxygen atoms in total. The lowest BCUT2D eigenvalue weighted by molar-refractivity contribution is -0.137. The Kier molecular flexibility index (Phi) is 3.32. The molecule has 1 aromatic carbocycles. The number of benzene rings is 1. The number of aliphatic carboxylic acids is 1. The Bertz CT molecular complexity index is 568. The summed E-state index contributed by atoms with van der Waals surface area (Å²) < 4.78 is 0.879. The van der Waals surface area contributed by atoms with Crippen molar-refractivity contribution in [1.29, 1.82) is 0 Å². The fourth-order valence-electron chi connectivity index (χ4n) is 2.85. The van der Waals surface area contributed by atoms with Crippen LogP contribution in [0.3, 0.4) is 0 Å². The van der Waals surface area contributed by atoms with E-state index in [9.17, 15) is 9.59 Å². The van der Waals surface area contributed by atoms with Crippen molar-refractivity contribution in [1.82, 2.24) is 5.32 Å². The standard InChI is InChI=1S/C15H16BrNO3/c16-10-3-1-2-9(6-10)12(7-13(18)19)17-14(20)11-8-15(11)4-5-15/h1-3,6,11-12H,4-5,7-8H2,(H,17,20)(H,18,19). The molecule has 2 aliphatic rings. The Morgan fingerprint density at radius 3 is 2.75 bits per heavy atom. The van der Waals surface area contributed by atoms with Gasteiger partial charge < -0.3 is 10.4 Å². The van der Waals surface area contributed by atoms with Crippen LogP contribution in [-0.2, 0) is 9.59 Å². The van der Waals surface area contributed by atoms with Crippen LogP contribution in [-0.4, -0.2) is 17.0 Å². The van der Waals surface area contributed by atoms with Gasteiger partial charge >= 0.3 is 5.97 Å². The molecule has 1 spiro atoms. The van der Waals surface area contributed by atoms with E-state index in [0.29, 0.717) is 0 Å². The van der Waals surface area contributed by atoms with Crippen molar-refractivity contribution in [2.45, 2.75) is 31.7 Å². The maximum atomic E-state index is 12.2. The third-order valence-electron chi connectivity index (χ3n) is 4.34. The van der Waals surface area contributed by atoms with E-state index in [1.807, 2.05) is 24.3 Å². The van der Waals surface area contributed by atoms with Crippen molar-refractivity contribution >= 4 is 27.8 Å². The fourth-order valence-corrected chi connectivity index (χ4v) is 3.27. The van der Waals surface area contributed by atoms with E-state index in [4.69, 9.17) is 5.11 Å². The minimum atomic E-state index is -0.910. The molecule has 0 bridgehead atoms. The second-order valence-corrected chi connectivity index (χ2v) is 6.75. The summed E-state index contributed by atoms with van der Waals surface area (Å²) in [5.74, 6) is -0.799. The first-order chi connectivity index (χ1) is 9.50.